The van der Waals surface area contributed by atoms with Gasteiger partial charge in [-0.2, -0.15) is 0 Å². The predicted octanol–water partition coefficient (Wildman–Crippen LogP) is 3.28. The zero-order chi connectivity index (χ0) is 12.9. The van der Waals surface area contributed by atoms with Gasteiger partial charge in [0.2, 0.25) is 0 Å². The minimum Gasteiger partial charge on any atom is -0.372 e. The van der Waals surface area contributed by atoms with E-state index in [1.54, 1.807) is 0 Å². The number of hydrogen-bond acceptors (Lipinski definition) is 2. The number of rotatable bonds is 5. The summed E-state index contributed by atoms with van der Waals surface area (Å²) >= 11 is 0. The summed E-state index contributed by atoms with van der Waals surface area (Å²) in [5.41, 5.74) is 7.68. The third-order valence-electron chi connectivity index (χ3n) is 3.33. The van der Waals surface area contributed by atoms with E-state index < -0.39 is 0 Å². The molecule has 96 valence electrons. The van der Waals surface area contributed by atoms with E-state index in [1.807, 2.05) is 0 Å². The third-order valence-corrected chi connectivity index (χ3v) is 3.33. The molecule has 0 aromatic heterocycles. The van der Waals surface area contributed by atoms with Gasteiger partial charge >= 0.3 is 0 Å². The number of hydrogen-bond donors (Lipinski definition) is 1. The van der Waals surface area contributed by atoms with Crippen molar-refractivity contribution in [3.8, 4) is 0 Å². The molecule has 1 rings (SSSR count). The van der Waals surface area contributed by atoms with Crippen molar-refractivity contribution in [1.82, 2.24) is 0 Å². The van der Waals surface area contributed by atoms with Crippen LogP contribution in [-0.2, 0) is 0 Å². The topological polar surface area (TPSA) is 29.3 Å². The molecule has 1 unspecified atom stereocenters. The lowest BCUT2D eigenvalue weighted by molar-refractivity contribution is 0.307. The second kappa shape index (κ2) is 6.06. The van der Waals surface area contributed by atoms with Gasteiger partial charge in [-0.15, -0.1) is 0 Å². The predicted molar refractivity (Wildman–Crippen MR) is 76.4 cm³/mol. The molecule has 2 nitrogen and oxygen atoms in total. The van der Waals surface area contributed by atoms with Gasteiger partial charge in [0.25, 0.3) is 0 Å². The molecule has 0 amide bonds. The largest absolute Gasteiger partial charge is 0.372 e. The van der Waals surface area contributed by atoms with Crippen LogP contribution >= 0.6 is 0 Å². The lowest BCUT2D eigenvalue weighted by Gasteiger charge is -2.30. The van der Waals surface area contributed by atoms with Crippen molar-refractivity contribution in [2.24, 2.45) is 11.1 Å². The fraction of sp³-hybridized carbons (Fsp3) is 0.600. The standard InChI is InChI=1S/C15H26N2/c1-5-17(13-9-7-6-8-10-13)12-11-14(16)15(2,3)4/h6-10,14H,5,11-12,16H2,1-4H3. The number of anilines is 1. The van der Waals surface area contributed by atoms with E-state index in [4.69, 9.17) is 5.73 Å². The summed E-state index contributed by atoms with van der Waals surface area (Å²) in [5.74, 6) is 0. The smallest absolute Gasteiger partial charge is 0.0366 e. The van der Waals surface area contributed by atoms with Crippen LogP contribution in [0.3, 0.4) is 0 Å². The Morgan fingerprint density at radius 3 is 2.24 bits per heavy atom. The van der Waals surface area contributed by atoms with Crippen LogP contribution in [0, 0.1) is 5.41 Å². The zero-order valence-corrected chi connectivity index (χ0v) is 11.6. The first-order valence-corrected chi connectivity index (χ1v) is 6.50. The van der Waals surface area contributed by atoms with Crippen LogP contribution in [-0.4, -0.2) is 19.1 Å². The van der Waals surface area contributed by atoms with Crippen molar-refractivity contribution >= 4 is 5.69 Å². The Hall–Kier alpha value is -1.02. The van der Waals surface area contributed by atoms with Gasteiger partial charge < -0.3 is 10.6 Å². The third kappa shape index (κ3) is 4.39. The van der Waals surface area contributed by atoms with E-state index in [-0.39, 0.29) is 11.5 Å². The highest BCUT2D eigenvalue weighted by molar-refractivity contribution is 5.45. The average Bonchev–Trinajstić information content (AvgIpc) is 2.29. The zero-order valence-electron chi connectivity index (χ0n) is 11.6. The number of nitrogens with zero attached hydrogens (tertiary/aromatic N) is 1. The number of benzene rings is 1. The molecule has 1 aromatic carbocycles. The van der Waals surface area contributed by atoms with Gasteiger partial charge in [0.1, 0.15) is 0 Å². The molecule has 0 aliphatic rings. The van der Waals surface area contributed by atoms with Gasteiger partial charge in [-0.05, 0) is 30.9 Å². The fourth-order valence-electron chi connectivity index (χ4n) is 1.84. The Bertz CT molecular complexity index is 313. The van der Waals surface area contributed by atoms with Crippen LogP contribution in [0.25, 0.3) is 0 Å². The quantitative estimate of drug-likeness (QED) is 0.847. The minimum absolute atomic E-state index is 0.191. The molecule has 17 heavy (non-hydrogen) atoms. The van der Waals surface area contributed by atoms with Crippen LogP contribution in [0.2, 0.25) is 0 Å². The second-order valence-corrected chi connectivity index (χ2v) is 5.68. The Kier molecular flexibility index (Phi) is 5.01. The maximum atomic E-state index is 6.21. The molecule has 0 heterocycles. The van der Waals surface area contributed by atoms with Gasteiger partial charge in [-0.25, -0.2) is 0 Å². The highest BCUT2D eigenvalue weighted by Crippen LogP contribution is 2.21. The molecule has 0 aliphatic carbocycles. The number of nitrogens with two attached hydrogens (primary N) is 1. The van der Waals surface area contributed by atoms with Gasteiger partial charge in [0, 0.05) is 24.8 Å². The van der Waals surface area contributed by atoms with E-state index in [2.05, 4.69) is 62.9 Å². The van der Waals surface area contributed by atoms with Crippen molar-refractivity contribution in [3.63, 3.8) is 0 Å². The number of para-hydroxylation sites is 1. The SMILES string of the molecule is CCN(CCC(N)C(C)(C)C)c1ccccc1. The first-order valence-electron chi connectivity index (χ1n) is 6.50. The summed E-state index contributed by atoms with van der Waals surface area (Å²) in [4.78, 5) is 2.38. The molecule has 0 radical (unpaired) electrons. The van der Waals surface area contributed by atoms with Crippen LogP contribution in [0.5, 0.6) is 0 Å². The molecule has 0 saturated carbocycles. The highest BCUT2D eigenvalue weighted by atomic mass is 15.1. The van der Waals surface area contributed by atoms with E-state index in [1.165, 1.54) is 5.69 Å². The van der Waals surface area contributed by atoms with E-state index in [0.29, 0.717) is 0 Å². The van der Waals surface area contributed by atoms with Gasteiger partial charge in [-0.3, -0.25) is 0 Å². The summed E-state index contributed by atoms with van der Waals surface area (Å²) in [5, 5.41) is 0. The summed E-state index contributed by atoms with van der Waals surface area (Å²) < 4.78 is 0. The minimum atomic E-state index is 0.191. The Balaban J connectivity index is 2.55. The van der Waals surface area contributed by atoms with Crippen molar-refractivity contribution in [3.05, 3.63) is 30.3 Å². The summed E-state index contributed by atoms with van der Waals surface area (Å²) in [6.07, 6.45) is 1.03. The lowest BCUT2D eigenvalue weighted by atomic mass is 9.85. The van der Waals surface area contributed by atoms with Gasteiger partial charge in [-0.1, -0.05) is 39.0 Å². The first kappa shape index (κ1) is 14.0. The molecular formula is C15H26N2. The molecule has 0 saturated heterocycles. The molecule has 0 aliphatic heterocycles. The summed E-state index contributed by atoms with van der Waals surface area (Å²) in [6.45, 7) is 10.9. The Morgan fingerprint density at radius 1 is 1.18 bits per heavy atom. The van der Waals surface area contributed by atoms with Crippen molar-refractivity contribution < 1.29 is 0 Å². The van der Waals surface area contributed by atoms with Crippen LogP contribution in [0.1, 0.15) is 34.1 Å². The summed E-state index contributed by atoms with van der Waals surface area (Å²) in [7, 11) is 0. The summed E-state index contributed by atoms with van der Waals surface area (Å²) in [6, 6.07) is 10.8. The molecule has 1 atom stereocenters. The first-order chi connectivity index (χ1) is 7.95. The maximum Gasteiger partial charge on any atom is 0.0366 e. The molecule has 0 fully saturated rings. The van der Waals surface area contributed by atoms with Crippen LogP contribution in [0.4, 0.5) is 5.69 Å². The monoisotopic (exact) mass is 234 g/mol. The second-order valence-electron chi connectivity index (χ2n) is 5.68. The Morgan fingerprint density at radius 2 is 1.76 bits per heavy atom. The van der Waals surface area contributed by atoms with Gasteiger partial charge in [0.15, 0.2) is 0 Å². The molecule has 2 heteroatoms. The molecule has 2 N–H and O–H groups in total. The van der Waals surface area contributed by atoms with Gasteiger partial charge in [0.05, 0.1) is 0 Å². The normalized spacial score (nSPS) is 13.5. The van der Waals surface area contributed by atoms with Crippen molar-refractivity contribution in [1.29, 1.82) is 0 Å². The van der Waals surface area contributed by atoms with E-state index >= 15 is 0 Å². The van der Waals surface area contributed by atoms with Crippen LogP contribution < -0.4 is 10.6 Å². The van der Waals surface area contributed by atoms with Crippen molar-refractivity contribution in [2.75, 3.05) is 18.0 Å². The molecule has 0 bridgehead atoms. The molecule has 1 aromatic rings. The van der Waals surface area contributed by atoms with Crippen molar-refractivity contribution in [2.45, 2.75) is 40.2 Å². The maximum absolute atomic E-state index is 6.21. The molecule has 0 spiro atoms. The Labute approximate surface area is 106 Å². The molecular weight excluding hydrogens is 208 g/mol. The van der Waals surface area contributed by atoms with E-state index in [9.17, 15) is 0 Å². The van der Waals surface area contributed by atoms with E-state index in [0.717, 1.165) is 19.5 Å². The average molecular weight is 234 g/mol. The highest BCUT2D eigenvalue weighted by Gasteiger charge is 2.20. The van der Waals surface area contributed by atoms with Crippen LogP contribution in [0.15, 0.2) is 30.3 Å². The lowest BCUT2D eigenvalue weighted by Crippen LogP contribution is -2.38. The fourth-order valence-corrected chi connectivity index (χ4v) is 1.84.